The maximum atomic E-state index is 6.49. The van der Waals surface area contributed by atoms with Gasteiger partial charge in [0.2, 0.25) is 0 Å². The topological polar surface area (TPSA) is 31.8 Å². The Labute approximate surface area is 185 Å². The number of thiazole rings is 1. The van der Waals surface area contributed by atoms with Gasteiger partial charge in [0.05, 0.1) is 11.0 Å². The van der Waals surface area contributed by atoms with Gasteiger partial charge in [0.1, 0.15) is 5.15 Å². The zero-order valence-corrected chi connectivity index (χ0v) is 19.7. The first kappa shape index (κ1) is 21.8. The van der Waals surface area contributed by atoms with Crippen LogP contribution in [0.5, 0.6) is 0 Å². The molecular weight excluding hydrogens is 404 g/mol. The smallest absolute Gasteiger partial charge is 0.186 e. The lowest BCUT2D eigenvalue weighted by molar-refractivity contribution is 0.0543. The third kappa shape index (κ3) is 5.85. The Morgan fingerprint density at radius 1 is 1.07 bits per heavy atom. The Bertz CT molecular complexity index is 635. The largest absolute Gasteiger partial charge is 0.377 e. The number of aromatic nitrogens is 1. The lowest BCUT2D eigenvalue weighted by atomic mass is 9.94. The van der Waals surface area contributed by atoms with Crippen molar-refractivity contribution in [3.63, 3.8) is 0 Å². The number of halogens is 1. The summed E-state index contributed by atoms with van der Waals surface area (Å²) in [6.45, 7) is 6.57. The molecule has 0 spiro atoms. The zero-order chi connectivity index (χ0) is 20.2. The van der Waals surface area contributed by atoms with Gasteiger partial charge in [-0.1, -0.05) is 35.8 Å². The second-order valence-corrected chi connectivity index (χ2v) is 10.8. The second kappa shape index (κ2) is 10.3. The fourth-order valence-electron chi connectivity index (χ4n) is 5.23. The van der Waals surface area contributed by atoms with Gasteiger partial charge in [0, 0.05) is 46.4 Å². The number of anilines is 1. The van der Waals surface area contributed by atoms with E-state index in [1.54, 1.807) is 11.3 Å². The van der Waals surface area contributed by atoms with Crippen LogP contribution in [0.2, 0.25) is 5.15 Å². The van der Waals surface area contributed by atoms with Crippen molar-refractivity contribution >= 4 is 28.1 Å². The van der Waals surface area contributed by atoms with Crippen molar-refractivity contribution in [2.24, 2.45) is 5.92 Å². The Kier molecular flexibility index (Phi) is 7.73. The van der Waals surface area contributed by atoms with Gasteiger partial charge < -0.3 is 14.5 Å². The summed E-state index contributed by atoms with van der Waals surface area (Å²) in [5.74, 6) is 0.786. The monoisotopic (exact) mass is 440 g/mol. The zero-order valence-electron chi connectivity index (χ0n) is 18.1. The van der Waals surface area contributed by atoms with Crippen molar-refractivity contribution in [2.45, 2.75) is 70.1 Å². The van der Waals surface area contributed by atoms with E-state index in [0.717, 1.165) is 43.3 Å². The molecule has 0 bridgehead atoms. The fraction of sp³-hybridized carbons (Fsp3) is 0.864. The van der Waals surface area contributed by atoms with Gasteiger partial charge in [-0.3, -0.25) is 4.90 Å². The number of rotatable bonds is 8. The molecular formula is C22H37ClN4OS. The van der Waals surface area contributed by atoms with Crippen LogP contribution in [0.3, 0.4) is 0 Å². The molecule has 3 heterocycles. The van der Waals surface area contributed by atoms with Crippen molar-refractivity contribution in [3.8, 4) is 0 Å². The van der Waals surface area contributed by atoms with Crippen molar-refractivity contribution < 1.29 is 4.74 Å². The molecule has 0 amide bonds. The van der Waals surface area contributed by atoms with Crippen LogP contribution in [0.4, 0.5) is 5.13 Å². The van der Waals surface area contributed by atoms with Gasteiger partial charge in [-0.15, -0.1) is 0 Å². The van der Waals surface area contributed by atoms with E-state index < -0.39 is 0 Å². The lowest BCUT2D eigenvalue weighted by Crippen LogP contribution is -2.43. The van der Waals surface area contributed by atoms with Gasteiger partial charge in [0.25, 0.3) is 0 Å². The lowest BCUT2D eigenvalue weighted by Gasteiger charge is -2.38. The highest BCUT2D eigenvalue weighted by Crippen LogP contribution is 2.32. The van der Waals surface area contributed by atoms with Crippen molar-refractivity contribution in [1.29, 1.82) is 0 Å². The van der Waals surface area contributed by atoms with E-state index in [4.69, 9.17) is 16.3 Å². The molecule has 1 atom stereocenters. The number of hydrogen-bond acceptors (Lipinski definition) is 6. The molecule has 2 saturated heterocycles. The first-order chi connectivity index (χ1) is 14.1. The molecule has 0 radical (unpaired) electrons. The predicted molar refractivity (Wildman–Crippen MR) is 122 cm³/mol. The first-order valence-corrected chi connectivity index (χ1v) is 12.7. The molecule has 7 heteroatoms. The number of ether oxygens (including phenoxy) is 1. The van der Waals surface area contributed by atoms with Crippen LogP contribution < -0.4 is 4.90 Å². The highest BCUT2D eigenvalue weighted by molar-refractivity contribution is 7.16. The van der Waals surface area contributed by atoms with Crippen molar-refractivity contribution in [2.75, 3.05) is 51.8 Å². The van der Waals surface area contributed by atoms with Gasteiger partial charge >= 0.3 is 0 Å². The average molecular weight is 441 g/mol. The molecule has 2 aliphatic heterocycles. The van der Waals surface area contributed by atoms with Crippen LogP contribution >= 0.6 is 22.9 Å². The summed E-state index contributed by atoms with van der Waals surface area (Å²) >= 11 is 8.22. The molecule has 1 saturated carbocycles. The van der Waals surface area contributed by atoms with Crippen LogP contribution in [0.1, 0.15) is 56.2 Å². The maximum Gasteiger partial charge on any atom is 0.186 e. The minimum absolute atomic E-state index is 0.383. The standard InChI is InChI=1S/C22H37ClN4OS/c1-25(2)22-24-21(23)20(29-22)16-26(15-19-8-5-13-28-19)14-17-9-11-27(12-10-17)18-6-3-4-7-18/h17-19H,3-16H2,1-2H3/t19-/m0/s1. The number of piperidine rings is 1. The number of likely N-dealkylation sites (tertiary alicyclic amines) is 1. The summed E-state index contributed by atoms with van der Waals surface area (Å²) in [6, 6.07) is 0.874. The quantitative estimate of drug-likeness (QED) is 0.594. The molecule has 0 aromatic carbocycles. The van der Waals surface area contributed by atoms with E-state index in [2.05, 4.69) is 14.8 Å². The molecule has 3 aliphatic rings. The molecule has 29 heavy (non-hydrogen) atoms. The molecule has 4 rings (SSSR count). The average Bonchev–Trinajstić information content (AvgIpc) is 3.46. The van der Waals surface area contributed by atoms with Crippen molar-refractivity contribution in [1.82, 2.24) is 14.8 Å². The number of nitrogens with zero attached hydrogens (tertiary/aromatic N) is 4. The van der Waals surface area contributed by atoms with Crippen molar-refractivity contribution in [3.05, 3.63) is 10.0 Å². The van der Waals surface area contributed by atoms with E-state index in [9.17, 15) is 0 Å². The minimum atomic E-state index is 0.383. The normalized spacial score (nSPS) is 24.8. The molecule has 1 aromatic rings. The Hall–Kier alpha value is -0.400. The van der Waals surface area contributed by atoms with E-state index in [0.29, 0.717) is 11.3 Å². The minimum Gasteiger partial charge on any atom is -0.377 e. The van der Waals surface area contributed by atoms with Gasteiger partial charge in [-0.2, -0.15) is 0 Å². The second-order valence-electron chi connectivity index (χ2n) is 9.35. The molecule has 3 fully saturated rings. The van der Waals surface area contributed by atoms with Crippen LogP contribution in [0, 0.1) is 5.92 Å². The van der Waals surface area contributed by atoms with E-state index in [1.807, 2.05) is 19.0 Å². The molecule has 164 valence electrons. The molecule has 0 N–H and O–H groups in total. The van der Waals surface area contributed by atoms with Gasteiger partial charge in [-0.05, 0) is 57.5 Å². The molecule has 0 unspecified atom stereocenters. The van der Waals surface area contributed by atoms with Gasteiger partial charge in [-0.25, -0.2) is 4.98 Å². The van der Waals surface area contributed by atoms with Crippen LogP contribution in [-0.2, 0) is 11.3 Å². The number of hydrogen-bond donors (Lipinski definition) is 0. The Balaban J connectivity index is 1.35. The third-order valence-corrected chi connectivity index (χ3v) is 8.51. The Morgan fingerprint density at radius 3 is 2.45 bits per heavy atom. The maximum absolute atomic E-state index is 6.49. The Morgan fingerprint density at radius 2 is 1.83 bits per heavy atom. The highest BCUT2D eigenvalue weighted by atomic mass is 35.5. The van der Waals surface area contributed by atoms with Crippen LogP contribution in [0.15, 0.2) is 0 Å². The highest BCUT2D eigenvalue weighted by Gasteiger charge is 2.29. The van der Waals surface area contributed by atoms with E-state index >= 15 is 0 Å². The van der Waals surface area contributed by atoms with Crippen LogP contribution in [-0.4, -0.2) is 73.8 Å². The summed E-state index contributed by atoms with van der Waals surface area (Å²) in [5.41, 5.74) is 0. The predicted octanol–water partition coefficient (Wildman–Crippen LogP) is 4.50. The molecule has 5 nitrogen and oxygen atoms in total. The van der Waals surface area contributed by atoms with E-state index in [-0.39, 0.29) is 0 Å². The fourth-order valence-corrected chi connectivity index (χ4v) is 6.45. The molecule has 1 aliphatic carbocycles. The summed E-state index contributed by atoms with van der Waals surface area (Å²) in [7, 11) is 4.06. The SMILES string of the molecule is CN(C)c1nc(Cl)c(CN(CC2CCN(C3CCCC3)CC2)C[C@@H]2CCCO2)s1. The summed E-state index contributed by atoms with van der Waals surface area (Å²) < 4.78 is 5.97. The first-order valence-electron chi connectivity index (χ1n) is 11.5. The summed E-state index contributed by atoms with van der Waals surface area (Å²) in [5, 5.41) is 1.67. The van der Waals surface area contributed by atoms with Gasteiger partial charge in [0.15, 0.2) is 5.13 Å². The van der Waals surface area contributed by atoms with Crippen LogP contribution in [0.25, 0.3) is 0 Å². The summed E-state index contributed by atoms with van der Waals surface area (Å²) in [6.07, 6.45) is 11.2. The molecule has 1 aromatic heterocycles. The third-order valence-electron chi connectivity index (χ3n) is 6.88. The summed E-state index contributed by atoms with van der Waals surface area (Å²) in [4.78, 5) is 13.2. The van der Waals surface area contributed by atoms with E-state index in [1.165, 1.54) is 69.3 Å².